The summed E-state index contributed by atoms with van der Waals surface area (Å²) in [7, 11) is 1.24. The molecule has 2 rings (SSSR count). The average Bonchev–Trinajstić information content (AvgIpc) is 2.38. The lowest BCUT2D eigenvalue weighted by molar-refractivity contribution is 0.0599. The van der Waals surface area contributed by atoms with Crippen LogP contribution in [-0.4, -0.2) is 24.7 Å². The molecule has 0 fully saturated rings. The smallest absolute Gasteiger partial charge is 0.343 e. The molecule has 0 radical (unpaired) electrons. The number of benzene rings is 1. The molecule has 1 aromatic heterocycles. The van der Waals surface area contributed by atoms with Crippen molar-refractivity contribution in [3.63, 3.8) is 0 Å². The number of aromatic nitrogens is 1. The Morgan fingerprint density at radius 1 is 1.33 bits per heavy atom. The second kappa shape index (κ2) is 4.91. The first-order valence-electron chi connectivity index (χ1n) is 5.54. The standard InChI is InChI=1S/C13H13NO4/c1-3-18-9-4-5-11-8(6-9)7-10(12(15)14-11)13(16)17-2/h4-7H,3H2,1-2H3,(H,14,15). The Morgan fingerprint density at radius 3 is 2.78 bits per heavy atom. The third-order valence-electron chi connectivity index (χ3n) is 2.53. The molecule has 5 heteroatoms. The first-order chi connectivity index (χ1) is 8.65. The fourth-order valence-electron chi connectivity index (χ4n) is 1.70. The van der Waals surface area contributed by atoms with E-state index < -0.39 is 11.5 Å². The Kier molecular flexibility index (Phi) is 3.32. The summed E-state index contributed by atoms with van der Waals surface area (Å²) in [6, 6.07) is 6.77. The molecule has 5 nitrogen and oxygen atoms in total. The van der Waals surface area contributed by atoms with Crippen molar-refractivity contribution in [3.8, 4) is 5.75 Å². The fourth-order valence-corrected chi connectivity index (χ4v) is 1.70. The van der Waals surface area contributed by atoms with Crippen molar-refractivity contribution < 1.29 is 14.3 Å². The number of hydrogen-bond donors (Lipinski definition) is 1. The Morgan fingerprint density at radius 2 is 2.11 bits per heavy atom. The van der Waals surface area contributed by atoms with Gasteiger partial charge in [-0.1, -0.05) is 0 Å². The lowest BCUT2D eigenvalue weighted by Gasteiger charge is -2.05. The maximum atomic E-state index is 11.7. The van der Waals surface area contributed by atoms with Gasteiger partial charge in [-0.2, -0.15) is 0 Å². The van der Waals surface area contributed by atoms with Gasteiger partial charge in [0, 0.05) is 10.9 Å². The van der Waals surface area contributed by atoms with Crippen LogP contribution in [-0.2, 0) is 4.74 Å². The van der Waals surface area contributed by atoms with Gasteiger partial charge < -0.3 is 14.5 Å². The summed E-state index contributed by atoms with van der Waals surface area (Å²) < 4.78 is 9.92. The molecule has 0 aliphatic carbocycles. The minimum absolute atomic E-state index is 0.0151. The molecule has 94 valence electrons. The van der Waals surface area contributed by atoms with Gasteiger partial charge in [-0.3, -0.25) is 4.79 Å². The van der Waals surface area contributed by atoms with Crippen LogP contribution in [0.15, 0.2) is 29.1 Å². The quantitative estimate of drug-likeness (QED) is 0.838. The van der Waals surface area contributed by atoms with Gasteiger partial charge in [0.05, 0.1) is 13.7 Å². The van der Waals surface area contributed by atoms with E-state index in [4.69, 9.17) is 4.74 Å². The molecule has 1 heterocycles. The number of esters is 1. The Bertz CT molecular complexity index is 645. The van der Waals surface area contributed by atoms with Crippen LogP contribution in [0.25, 0.3) is 10.9 Å². The maximum Gasteiger partial charge on any atom is 0.343 e. The molecule has 0 saturated carbocycles. The SMILES string of the molecule is CCOc1ccc2[nH]c(=O)c(C(=O)OC)cc2c1. The molecule has 0 aliphatic heterocycles. The number of hydrogen-bond acceptors (Lipinski definition) is 4. The number of rotatable bonds is 3. The first-order valence-corrected chi connectivity index (χ1v) is 5.54. The van der Waals surface area contributed by atoms with Crippen LogP contribution in [0.2, 0.25) is 0 Å². The molecule has 0 aliphatic rings. The molecule has 0 bridgehead atoms. The summed E-state index contributed by atoms with van der Waals surface area (Å²) in [6.45, 7) is 2.44. The molecule has 0 unspecified atom stereocenters. The van der Waals surface area contributed by atoms with Crippen LogP contribution in [0.5, 0.6) is 5.75 Å². The third-order valence-corrected chi connectivity index (χ3v) is 2.53. The number of carbonyl (C=O) groups excluding carboxylic acids is 1. The van der Waals surface area contributed by atoms with E-state index in [9.17, 15) is 9.59 Å². The number of aromatic amines is 1. The van der Waals surface area contributed by atoms with E-state index in [1.807, 2.05) is 6.92 Å². The van der Waals surface area contributed by atoms with Gasteiger partial charge in [-0.25, -0.2) is 4.79 Å². The zero-order valence-corrected chi connectivity index (χ0v) is 10.1. The molecular formula is C13H13NO4. The van der Waals surface area contributed by atoms with Gasteiger partial charge >= 0.3 is 5.97 Å². The van der Waals surface area contributed by atoms with Crippen LogP contribution in [0.3, 0.4) is 0 Å². The molecule has 0 spiro atoms. The summed E-state index contributed by atoms with van der Waals surface area (Å²) in [5, 5.41) is 0.723. The van der Waals surface area contributed by atoms with Gasteiger partial charge in [-0.05, 0) is 31.2 Å². The van der Waals surface area contributed by atoms with Crippen molar-refractivity contribution in [3.05, 3.63) is 40.2 Å². The van der Waals surface area contributed by atoms with Crippen LogP contribution in [0.4, 0.5) is 0 Å². The molecule has 1 aromatic carbocycles. The summed E-state index contributed by atoms with van der Waals surface area (Å²) in [6.07, 6.45) is 0. The van der Waals surface area contributed by atoms with Gasteiger partial charge in [0.2, 0.25) is 0 Å². The normalized spacial score (nSPS) is 10.3. The van der Waals surface area contributed by atoms with E-state index in [1.54, 1.807) is 18.2 Å². The Labute approximate surface area is 103 Å². The predicted octanol–water partition coefficient (Wildman–Crippen LogP) is 1.71. The number of ether oxygens (including phenoxy) is 2. The second-order valence-electron chi connectivity index (χ2n) is 3.69. The van der Waals surface area contributed by atoms with E-state index in [1.165, 1.54) is 13.2 Å². The highest BCUT2D eigenvalue weighted by atomic mass is 16.5. The maximum absolute atomic E-state index is 11.7. The van der Waals surface area contributed by atoms with Crippen molar-refractivity contribution in [2.75, 3.05) is 13.7 Å². The van der Waals surface area contributed by atoms with E-state index in [0.717, 1.165) is 5.39 Å². The Hall–Kier alpha value is -2.30. The molecule has 2 aromatic rings. The van der Waals surface area contributed by atoms with Crippen molar-refractivity contribution >= 4 is 16.9 Å². The van der Waals surface area contributed by atoms with E-state index >= 15 is 0 Å². The van der Waals surface area contributed by atoms with E-state index in [0.29, 0.717) is 17.9 Å². The highest BCUT2D eigenvalue weighted by Gasteiger charge is 2.12. The number of carbonyl (C=O) groups is 1. The third kappa shape index (κ3) is 2.20. The lowest BCUT2D eigenvalue weighted by Crippen LogP contribution is -2.18. The van der Waals surface area contributed by atoms with Crippen molar-refractivity contribution in [2.45, 2.75) is 6.92 Å². The zero-order chi connectivity index (χ0) is 13.1. The number of H-pyrrole nitrogens is 1. The molecular weight excluding hydrogens is 234 g/mol. The van der Waals surface area contributed by atoms with Crippen molar-refractivity contribution in [1.82, 2.24) is 4.98 Å². The van der Waals surface area contributed by atoms with Gasteiger partial charge in [-0.15, -0.1) is 0 Å². The van der Waals surface area contributed by atoms with Crippen LogP contribution < -0.4 is 10.3 Å². The van der Waals surface area contributed by atoms with Crippen LogP contribution in [0, 0.1) is 0 Å². The topological polar surface area (TPSA) is 68.4 Å². The van der Waals surface area contributed by atoms with E-state index in [-0.39, 0.29) is 5.56 Å². The summed E-state index contributed by atoms with van der Waals surface area (Å²) >= 11 is 0. The number of fused-ring (bicyclic) bond motifs is 1. The predicted molar refractivity (Wildman–Crippen MR) is 67.1 cm³/mol. The van der Waals surface area contributed by atoms with E-state index in [2.05, 4.69) is 9.72 Å². The zero-order valence-electron chi connectivity index (χ0n) is 10.1. The minimum atomic E-state index is -0.653. The summed E-state index contributed by atoms with van der Waals surface area (Å²) in [5.41, 5.74) is 0.174. The van der Waals surface area contributed by atoms with Gasteiger partial charge in [0.1, 0.15) is 11.3 Å². The monoisotopic (exact) mass is 247 g/mol. The highest BCUT2D eigenvalue weighted by Crippen LogP contribution is 2.19. The lowest BCUT2D eigenvalue weighted by atomic mass is 10.1. The second-order valence-corrected chi connectivity index (χ2v) is 3.69. The van der Waals surface area contributed by atoms with Crippen molar-refractivity contribution in [1.29, 1.82) is 0 Å². The number of methoxy groups -OCH3 is 1. The number of pyridine rings is 1. The largest absolute Gasteiger partial charge is 0.494 e. The van der Waals surface area contributed by atoms with Crippen molar-refractivity contribution in [2.24, 2.45) is 0 Å². The summed E-state index contributed by atoms with van der Waals surface area (Å²) in [5.74, 6) is 0.0350. The fraction of sp³-hybridized carbons (Fsp3) is 0.231. The molecule has 0 amide bonds. The average molecular weight is 247 g/mol. The molecule has 0 saturated heterocycles. The van der Waals surface area contributed by atoms with Crippen LogP contribution >= 0.6 is 0 Å². The molecule has 18 heavy (non-hydrogen) atoms. The minimum Gasteiger partial charge on any atom is -0.494 e. The molecule has 1 N–H and O–H groups in total. The van der Waals surface area contributed by atoms with Crippen LogP contribution in [0.1, 0.15) is 17.3 Å². The molecule has 0 atom stereocenters. The summed E-state index contributed by atoms with van der Waals surface area (Å²) in [4.78, 5) is 25.7. The first kappa shape index (κ1) is 12.2. The Balaban J connectivity index is 2.59. The van der Waals surface area contributed by atoms with Gasteiger partial charge in [0.25, 0.3) is 5.56 Å². The van der Waals surface area contributed by atoms with Gasteiger partial charge in [0.15, 0.2) is 0 Å². The number of nitrogens with one attached hydrogen (secondary N) is 1. The highest BCUT2D eigenvalue weighted by molar-refractivity contribution is 5.93.